The number of hydrogen-bond acceptors (Lipinski definition) is 2. The summed E-state index contributed by atoms with van der Waals surface area (Å²) in [5.41, 5.74) is -0.0720. The number of benzene rings is 1. The van der Waals surface area contributed by atoms with Crippen LogP contribution in [0.2, 0.25) is 0 Å². The molecule has 1 N–H and O–H groups in total. The summed E-state index contributed by atoms with van der Waals surface area (Å²) in [5, 5.41) is 8.72. The van der Waals surface area contributed by atoms with Crippen molar-refractivity contribution < 1.29 is 23.5 Å². The SMILES string of the molecule is CCN(CC(=O)O)C(=O)[C@@H]1C[C@@H]1c1c(F)cccc1F. The average Bonchev–Trinajstić information content (AvgIpc) is 3.15. The van der Waals surface area contributed by atoms with E-state index in [-0.39, 0.29) is 18.0 Å². The predicted octanol–water partition coefficient (Wildman–Crippen LogP) is 2.00. The van der Waals surface area contributed by atoms with Crippen molar-refractivity contribution in [2.24, 2.45) is 5.92 Å². The molecular formula is C14H15F2NO3. The molecule has 6 heteroatoms. The van der Waals surface area contributed by atoms with Gasteiger partial charge in [0.25, 0.3) is 0 Å². The van der Waals surface area contributed by atoms with Gasteiger partial charge in [0.1, 0.15) is 18.2 Å². The lowest BCUT2D eigenvalue weighted by atomic mass is 10.1. The van der Waals surface area contributed by atoms with E-state index >= 15 is 0 Å². The van der Waals surface area contributed by atoms with Crippen molar-refractivity contribution in [3.05, 3.63) is 35.4 Å². The van der Waals surface area contributed by atoms with Crippen molar-refractivity contribution >= 4 is 11.9 Å². The van der Waals surface area contributed by atoms with Gasteiger partial charge >= 0.3 is 5.97 Å². The Kier molecular flexibility index (Phi) is 4.01. The fourth-order valence-electron chi connectivity index (χ4n) is 2.40. The Labute approximate surface area is 115 Å². The molecule has 1 aliphatic rings. The zero-order valence-corrected chi connectivity index (χ0v) is 11.0. The topological polar surface area (TPSA) is 57.6 Å². The second kappa shape index (κ2) is 5.56. The van der Waals surface area contributed by atoms with E-state index in [0.29, 0.717) is 6.42 Å². The molecule has 1 aliphatic carbocycles. The summed E-state index contributed by atoms with van der Waals surface area (Å²) in [4.78, 5) is 23.9. The molecule has 1 saturated carbocycles. The number of halogens is 2. The molecule has 2 rings (SSSR count). The molecule has 1 fully saturated rings. The molecule has 0 heterocycles. The second-order valence-corrected chi connectivity index (χ2v) is 4.83. The fraction of sp³-hybridized carbons (Fsp3) is 0.429. The molecular weight excluding hydrogens is 268 g/mol. The Balaban J connectivity index is 2.11. The van der Waals surface area contributed by atoms with E-state index in [9.17, 15) is 18.4 Å². The summed E-state index contributed by atoms with van der Waals surface area (Å²) in [5.74, 6) is -3.80. The summed E-state index contributed by atoms with van der Waals surface area (Å²) < 4.78 is 27.2. The van der Waals surface area contributed by atoms with Gasteiger partial charge in [0.05, 0.1) is 0 Å². The molecule has 0 unspecified atom stereocenters. The van der Waals surface area contributed by atoms with Crippen LogP contribution in [0.4, 0.5) is 8.78 Å². The number of amides is 1. The van der Waals surface area contributed by atoms with Gasteiger partial charge < -0.3 is 10.0 Å². The van der Waals surface area contributed by atoms with Crippen LogP contribution in [-0.4, -0.2) is 35.0 Å². The van der Waals surface area contributed by atoms with E-state index in [0.717, 1.165) is 12.1 Å². The number of likely N-dealkylation sites (N-methyl/N-ethyl adjacent to an activating group) is 1. The van der Waals surface area contributed by atoms with Crippen molar-refractivity contribution in [1.29, 1.82) is 0 Å². The number of hydrogen-bond donors (Lipinski definition) is 1. The highest BCUT2D eigenvalue weighted by atomic mass is 19.1. The van der Waals surface area contributed by atoms with Crippen LogP contribution >= 0.6 is 0 Å². The Morgan fingerprint density at radius 3 is 2.45 bits per heavy atom. The minimum absolute atomic E-state index is 0.0720. The van der Waals surface area contributed by atoms with Crippen LogP contribution in [0.3, 0.4) is 0 Å². The summed E-state index contributed by atoms with van der Waals surface area (Å²) in [6, 6.07) is 3.59. The number of aliphatic carboxylic acids is 1. The maximum absolute atomic E-state index is 13.6. The highest BCUT2D eigenvalue weighted by Gasteiger charge is 2.48. The van der Waals surface area contributed by atoms with Crippen LogP contribution < -0.4 is 0 Å². The minimum atomic E-state index is -1.10. The smallest absolute Gasteiger partial charge is 0.323 e. The molecule has 1 amide bonds. The summed E-state index contributed by atoms with van der Waals surface area (Å²) >= 11 is 0. The van der Waals surface area contributed by atoms with Crippen molar-refractivity contribution in [2.75, 3.05) is 13.1 Å². The number of nitrogens with zero attached hydrogens (tertiary/aromatic N) is 1. The average molecular weight is 283 g/mol. The van der Waals surface area contributed by atoms with Crippen molar-refractivity contribution in [3.63, 3.8) is 0 Å². The first-order valence-corrected chi connectivity index (χ1v) is 6.40. The normalized spacial score (nSPS) is 20.6. The number of carboxylic acids is 1. The van der Waals surface area contributed by atoms with E-state index in [1.54, 1.807) is 6.92 Å². The molecule has 0 bridgehead atoms. The Morgan fingerprint density at radius 2 is 1.95 bits per heavy atom. The fourth-order valence-corrected chi connectivity index (χ4v) is 2.40. The molecule has 0 aromatic heterocycles. The molecule has 4 nitrogen and oxygen atoms in total. The lowest BCUT2D eigenvalue weighted by Crippen LogP contribution is -2.36. The third-order valence-electron chi connectivity index (χ3n) is 3.50. The Morgan fingerprint density at radius 1 is 1.35 bits per heavy atom. The number of rotatable bonds is 5. The second-order valence-electron chi connectivity index (χ2n) is 4.83. The predicted molar refractivity (Wildman–Crippen MR) is 67.1 cm³/mol. The number of carbonyl (C=O) groups excluding carboxylic acids is 1. The van der Waals surface area contributed by atoms with E-state index in [2.05, 4.69) is 0 Å². The van der Waals surface area contributed by atoms with Crippen LogP contribution in [0.15, 0.2) is 18.2 Å². The van der Waals surface area contributed by atoms with Crippen LogP contribution in [0.25, 0.3) is 0 Å². The molecule has 20 heavy (non-hydrogen) atoms. The monoisotopic (exact) mass is 283 g/mol. The van der Waals surface area contributed by atoms with Gasteiger partial charge in [0.15, 0.2) is 0 Å². The molecule has 1 aromatic rings. The maximum Gasteiger partial charge on any atom is 0.323 e. The van der Waals surface area contributed by atoms with Gasteiger partial charge in [-0.1, -0.05) is 6.07 Å². The Bertz CT molecular complexity index is 527. The zero-order chi connectivity index (χ0) is 14.9. The van der Waals surface area contributed by atoms with E-state index < -0.39 is 36.0 Å². The first-order chi connectivity index (χ1) is 9.45. The third-order valence-corrected chi connectivity index (χ3v) is 3.50. The summed E-state index contributed by atoms with van der Waals surface area (Å²) in [6.45, 7) is 1.54. The highest BCUT2D eigenvalue weighted by molar-refractivity contribution is 5.86. The summed E-state index contributed by atoms with van der Waals surface area (Å²) in [7, 11) is 0. The van der Waals surface area contributed by atoms with Gasteiger partial charge in [-0.25, -0.2) is 8.78 Å². The quantitative estimate of drug-likeness (QED) is 0.899. The first-order valence-electron chi connectivity index (χ1n) is 6.40. The molecule has 2 atom stereocenters. The van der Waals surface area contributed by atoms with Gasteiger partial charge in [0, 0.05) is 23.9 Å². The third kappa shape index (κ3) is 2.79. The van der Waals surface area contributed by atoms with Gasteiger partial charge in [-0.15, -0.1) is 0 Å². The summed E-state index contributed by atoms with van der Waals surface area (Å²) in [6.07, 6.45) is 0.354. The highest BCUT2D eigenvalue weighted by Crippen LogP contribution is 2.50. The maximum atomic E-state index is 13.6. The largest absolute Gasteiger partial charge is 0.480 e. The van der Waals surface area contributed by atoms with Gasteiger partial charge in [-0.05, 0) is 25.5 Å². The van der Waals surface area contributed by atoms with E-state index in [1.165, 1.54) is 11.0 Å². The van der Waals surface area contributed by atoms with Crippen molar-refractivity contribution in [2.45, 2.75) is 19.3 Å². The van der Waals surface area contributed by atoms with Gasteiger partial charge in [-0.2, -0.15) is 0 Å². The van der Waals surface area contributed by atoms with Crippen LogP contribution in [-0.2, 0) is 9.59 Å². The van der Waals surface area contributed by atoms with Gasteiger partial charge in [-0.3, -0.25) is 9.59 Å². The first kappa shape index (κ1) is 14.4. The Hall–Kier alpha value is -1.98. The van der Waals surface area contributed by atoms with Crippen molar-refractivity contribution in [1.82, 2.24) is 4.90 Å². The number of carboxylic acid groups (broad SMARTS) is 1. The van der Waals surface area contributed by atoms with E-state index in [1.807, 2.05) is 0 Å². The van der Waals surface area contributed by atoms with Crippen LogP contribution in [0, 0.1) is 17.6 Å². The lowest BCUT2D eigenvalue weighted by Gasteiger charge is -2.18. The lowest BCUT2D eigenvalue weighted by molar-refractivity contribution is -0.144. The number of carbonyl (C=O) groups is 2. The molecule has 0 radical (unpaired) electrons. The molecule has 0 saturated heterocycles. The van der Waals surface area contributed by atoms with Crippen LogP contribution in [0.5, 0.6) is 0 Å². The van der Waals surface area contributed by atoms with Gasteiger partial charge in [0.2, 0.25) is 5.91 Å². The standard InChI is InChI=1S/C14H15F2NO3/c1-2-17(7-12(18)19)14(20)9-6-8(9)13-10(15)4-3-5-11(13)16/h3-5,8-9H,2,6-7H2,1H3,(H,18,19)/t8-,9+/m0/s1. The molecule has 1 aromatic carbocycles. The van der Waals surface area contributed by atoms with Crippen molar-refractivity contribution in [3.8, 4) is 0 Å². The zero-order valence-electron chi connectivity index (χ0n) is 11.0. The van der Waals surface area contributed by atoms with E-state index in [4.69, 9.17) is 5.11 Å². The molecule has 108 valence electrons. The minimum Gasteiger partial charge on any atom is -0.480 e. The molecule has 0 aliphatic heterocycles. The molecule has 0 spiro atoms. The van der Waals surface area contributed by atoms with Crippen LogP contribution in [0.1, 0.15) is 24.8 Å².